The number of aliphatic imine (C=N–C) groups is 1. The second-order valence-corrected chi connectivity index (χ2v) is 6.32. The third-order valence-corrected chi connectivity index (χ3v) is 4.33. The molecule has 0 aliphatic heterocycles. The molecule has 0 spiro atoms. The Morgan fingerprint density at radius 1 is 1.35 bits per heavy atom. The smallest absolute Gasteiger partial charge is 0.230 e. The molecule has 0 aromatic carbocycles. The average molecular weight is 320 g/mol. The van der Waals surface area contributed by atoms with E-state index < -0.39 is 0 Å². The molecule has 1 fully saturated rings. The van der Waals surface area contributed by atoms with Gasteiger partial charge in [-0.3, -0.25) is 4.79 Å². The molecule has 0 radical (unpaired) electrons. The van der Waals surface area contributed by atoms with E-state index in [4.69, 9.17) is 4.42 Å². The molecule has 2 rings (SSSR count). The molecule has 1 heterocycles. The number of carbonyl (C=O) groups excluding carboxylic acids is 1. The predicted molar refractivity (Wildman–Crippen MR) is 91.1 cm³/mol. The fourth-order valence-electron chi connectivity index (χ4n) is 3.15. The summed E-state index contributed by atoms with van der Waals surface area (Å²) in [6, 6.07) is 3.76. The maximum absolute atomic E-state index is 12.6. The third kappa shape index (κ3) is 4.50. The van der Waals surface area contributed by atoms with Gasteiger partial charge in [-0.2, -0.15) is 0 Å². The number of guanidine groups is 1. The van der Waals surface area contributed by atoms with Gasteiger partial charge in [0, 0.05) is 27.2 Å². The summed E-state index contributed by atoms with van der Waals surface area (Å²) in [6.45, 7) is 3.91. The lowest BCUT2D eigenvalue weighted by Crippen LogP contribution is -2.49. The van der Waals surface area contributed by atoms with E-state index in [-0.39, 0.29) is 11.3 Å². The van der Waals surface area contributed by atoms with Gasteiger partial charge in [0.05, 0.1) is 11.7 Å². The summed E-state index contributed by atoms with van der Waals surface area (Å²) in [5.74, 6) is 1.76. The van der Waals surface area contributed by atoms with Crippen LogP contribution in [-0.2, 0) is 11.3 Å². The van der Waals surface area contributed by atoms with Crippen LogP contribution in [0.25, 0.3) is 0 Å². The van der Waals surface area contributed by atoms with Gasteiger partial charge >= 0.3 is 0 Å². The maximum atomic E-state index is 12.6. The summed E-state index contributed by atoms with van der Waals surface area (Å²) < 4.78 is 5.31. The molecule has 1 saturated carbocycles. The molecular weight excluding hydrogens is 292 g/mol. The number of carbonyl (C=O) groups is 1. The number of hydrogen-bond acceptors (Lipinski definition) is 3. The van der Waals surface area contributed by atoms with Gasteiger partial charge < -0.3 is 20.0 Å². The Morgan fingerprint density at radius 2 is 2.09 bits per heavy atom. The van der Waals surface area contributed by atoms with Gasteiger partial charge in [0.15, 0.2) is 5.96 Å². The fourth-order valence-corrected chi connectivity index (χ4v) is 3.15. The Balaban J connectivity index is 2.01. The first-order chi connectivity index (χ1) is 11.1. The molecule has 0 bridgehead atoms. The lowest BCUT2D eigenvalue weighted by atomic mass is 9.84. The Labute approximate surface area is 138 Å². The molecule has 23 heavy (non-hydrogen) atoms. The van der Waals surface area contributed by atoms with Crippen LogP contribution >= 0.6 is 0 Å². The van der Waals surface area contributed by atoms with E-state index >= 15 is 0 Å². The summed E-state index contributed by atoms with van der Waals surface area (Å²) in [7, 11) is 3.66. The van der Waals surface area contributed by atoms with Crippen molar-refractivity contribution in [2.75, 3.05) is 27.2 Å². The number of furan rings is 1. The molecule has 1 aromatic heterocycles. The Hall–Kier alpha value is -1.98. The molecule has 0 saturated heterocycles. The second-order valence-electron chi connectivity index (χ2n) is 6.32. The quantitative estimate of drug-likeness (QED) is 0.621. The predicted octanol–water partition coefficient (Wildman–Crippen LogP) is 1.98. The van der Waals surface area contributed by atoms with Crippen LogP contribution in [0.15, 0.2) is 27.8 Å². The SMILES string of the molecule is CCNC(=NCc1ccco1)NCC1(C(=O)N(C)C)CCCC1. The first-order valence-corrected chi connectivity index (χ1v) is 8.34. The molecule has 2 N–H and O–H groups in total. The van der Waals surface area contributed by atoms with E-state index in [0.717, 1.165) is 43.9 Å². The zero-order valence-electron chi connectivity index (χ0n) is 14.4. The molecule has 1 aliphatic rings. The summed E-state index contributed by atoms with van der Waals surface area (Å²) in [6.07, 6.45) is 5.75. The van der Waals surface area contributed by atoms with Crippen LogP contribution in [0.5, 0.6) is 0 Å². The van der Waals surface area contributed by atoms with Crippen LogP contribution in [0.3, 0.4) is 0 Å². The second kappa shape index (κ2) is 8.04. The summed E-state index contributed by atoms with van der Waals surface area (Å²) >= 11 is 0. The van der Waals surface area contributed by atoms with E-state index in [0.29, 0.717) is 13.1 Å². The Morgan fingerprint density at radius 3 is 2.65 bits per heavy atom. The number of nitrogens with one attached hydrogen (secondary N) is 2. The number of amides is 1. The molecule has 1 amide bonds. The standard InChI is InChI=1S/C17H28N4O2/c1-4-18-16(19-12-14-8-7-11-23-14)20-13-17(9-5-6-10-17)15(22)21(2)3/h7-8,11H,4-6,9-10,12-13H2,1-3H3,(H2,18,19,20). The lowest BCUT2D eigenvalue weighted by Gasteiger charge is -2.31. The first kappa shape index (κ1) is 17.4. The lowest BCUT2D eigenvalue weighted by molar-refractivity contribution is -0.138. The monoisotopic (exact) mass is 320 g/mol. The van der Waals surface area contributed by atoms with Crippen LogP contribution in [0.4, 0.5) is 0 Å². The topological polar surface area (TPSA) is 69.9 Å². The molecule has 1 aromatic rings. The number of nitrogens with zero attached hydrogens (tertiary/aromatic N) is 2. The highest BCUT2D eigenvalue weighted by Crippen LogP contribution is 2.38. The Kier molecular flexibility index (Phi) is 6.07. The van der Waals surface area contributed by atoms with Crippen LogP contribution in [0.2, 0.25) is 0 Å². The number of hydrogen-bond donors (Lipinski definition) is 2. The van der Waals surface area contributed by atoms with Gasteiger partial charge in [0.1, 0.15) is 12.3 Å². The van der Waals surface area contributed by atoms with Gasteiger partial charge in [-0.15, -0.1) is 0 Å². The van der Waals surface area contributed by atoms with Crippen molar-refractivity contribution >= 4 is 11.9 Å². The summed E-state index contributed by atoms with van der Waals surface area (Å²) in [4.78, 5) is 18.8. The minimum atomic E-state index is -0.301. The highest BCUT2D eigenvalue weighted by atomic mass is 16.3. The maximum Gasteiger partial charge on any atom is 0.230 e. The van der Waals surface area contributed by atoms with Crippen molar-refractivity contribution in [1.82, 2.24) is 15.5 Å². The van der Waals surface area contributed by atoms with Crippen molar-refractivity contribution in [2.24, 2.45) is 10.4 Å². The van der Waals surface area contributed by atoms with Crippen LogP contribution < -0.4 is 10.6 Å². The van der Waals surface area contributed by atoms with Gasteiger partial charge in [-0.05, 0) is 31.9 Å². The molecule has 128 valence electrons. The van der Waals surface area contributed by atoms with Crippen molar-refractivity contribution in [3.8, 4) is 0 Å². The fraction of sp³-hybridized carbons (Fsp3) is 0.647. The van der Waals surface area contributed by atoms with Gasteiger partial charge in [0.25, 0.3) is 0 Å². The largest absolute Gasteiger partial charge is 0.467 e. The van der Waals surface area contributed by atoms with E-state index in [1.54, 1.807) is 11.2 Å². The van der Waals surface area contributed by atoms with E-state index in [9.17, 15) is 4.79 Å². The van der Waals surface area contributed by atoms with Crippen molar-refractivity contribution in [2.45, 2.75) is 39.2 Å². The molecule has 6 heteroatoms. The van der Waals surface area contributed by atoms with E-state index in [1.165, 1.54) is 0 Å². The minimum Gasteiger partial charge on any atom is -0.467 e. The van der Waals surface area contributed by atoms with Gasteiger partial charge in [-0.1, -0.05) is 12.8 Å². The van der Waals surface area contributed by atoms with Crippen LogP contribution in [0.1, 0.15) is 38.4 Å². The number of rotatable bonds is 6. The highest BCUT2D eigenvalue weighted by molar-refractivity contribution is 5.85. The minimum absolute atomic E-state index is 0.212. The summed E-state index contributed by atoms with van der Waals surface area (Å²) in [5.41, 5.74) is -0.301. The highest BCUT2D eigenvalue weighted by Gasteiger charge is 2.42. The third-order valence-electron chi connectivity index (χ3n) is 4.33. The first-order valence-electron chi connectivity index (χ1n) is 8.34. The average Bonchev–Trinajstić information content (AvgIpc) is 3.21. The van der Waals surface area contributed by atoms with E-state index in [1.807, 2.05) is 33.2 Å². The normalized spacial score (nSPS) is 17.1. The van der Waals surface area contributed by atoms with Crippen molar-refractivity contribution in [3.05, 3.63) is 24.2 Å². The zero-order chi connectivity index (χ0) is 16.7. The molecule has 0 atom stereocenters. The van der Waals surface area contributed by atoms with E-state index in [2.05, 4.69) is 15.6 Å². The molecule has 1 aliphatic carbocycles. The van der Waals surface area contributed by atoms with Crippen molar-refractivity contribution < 1.29 is 9.21 Å². The van der Waals surface area contributed by atoms with Crippen LogP contribution in [-0.4, -0.2) is 44.0 Å². The van der Waals surface area contributed by atoms with Gasteiger partial charge in [0.2, 0.25) is 5.91 Å². The van der Waals surface area contributed by atoms with Crippen LogP contribution in [0, 0.1) is 5.41 Å². The Bertz CT molecular complexity index is 517. The van der Waals surface area contributed by atoms with Crippen molar-refractivity contribution in [3.63, 3.8) is 0 Å². The zero-order valence-corrected chi connectivity index (χ0v) is 14.4. The molecule has 6 nitrogen and oxygen atoms in total. The van der Waals surface area contributed by atoms with Crippen molar-refractivity contribution in [1.29, 1.82) is 0 Å². The molecule has 0 unspecified atom stereocenters. The van der Waals surface area contributed by atoms with Gasteiger partial charge in [-0.25, -0.2) is 4.99 Å². The molecular formula is C17H28N4O2. The summed E-state index contributed by atoms with van der Waals surface area (Å²) in [5, 5.41) is 6.58.